The van der Waals surface area contributed by atoms with Crippen LogP contribution in [0.1, 0.15) is 31.4 Å². The van der Waals surface area contributed by atoms with Crippen LogP contribution in [0.3, 0.4) is 0 Å². The fourth-order valence-corrected chi connectivity index (χ4v) is 4.62. The third-order valence-corrected chi connectivity index (χ3v) is 6.52. The number of amides is 1. The summed E-state index contributed by atoms with van der Waals surface area (Å²) in [6, 6.07) is 10.1. The molecule has 8 nitrogen and oxygen atoms in total. The average molecular weight is 483 g/mol. The molecule has 1 N–H and O–H groups in total. The number of nitrogens with zero attached hydrogens (tertiary/aromatic N) is 1. The Morgan fingerprint density at radius 3 is 2.56 bits per heavy atom. The molecular formula is C22H27ClN2O6S. The topological polar surface area (TPSA) is 94.2 Å². The average Bonchev–Trinajstić information content (AvgIpc) is 2.75. The summed E-state index contributed by atoms with van der Waals surface area (Å²) in [5.41, 5.74) is 1.32. The van der Waals surface area contributed by atoms with E-state index in [0.29, 0.717) is 47.6 Å². The van der Waals surface area contributed by atoms with Crippen molar-refractivity contribution in [2.75, 3.05) is 37.4 Å². The van der Waals surface area contributed by atoms with E-state index in [1.54, 1.807) is 12.1 Å². The third kappa shape index (κ3) is 5.98. The Morgan fingerprint density at radius 1 is 1.19 bits per heavy atom. The highest BCUT2D eigenvalue weighted by atomic mass is 35.5. The normalized spacial score (nSPS) is 13.9. The van der Waals surface area contributed by atoms with E-state index in [0.717, 1.165) is 11.8 Å². The van der Waals surface area contributed by atoms with Gasteiger partial charge in [0.1, 0.15) is 19.0 Å². The first kappa shape index (κ1) is 24.0. The Bertz CT molecular complexity index is 1080. The summed E-state index contributed by atoms with van der Waals surface area (Å²) in [6.45, 7) is 3.04. The second-order valence-corrected chi connectivity index (χ2v) is 9.76. The maximum absolute atomic E-state index is 12.4. The second-order valence-electron chi connectivity index (χ2n) is 7.45. The van der Waals surface area contributed by atoms with Crippen molar-refractivity contribution in [3.63, 3.8) is 0 Å². The monoisotopic (exact) mass is 482 g/mol. The van der Waals surface area contributed by atoms with Crippen LogP contribution in [0.5, 0.6) is 17.2 Å². The van der Waals surface area contributed by atoms with Crippen LogP contribution in [0, 0.1) is 0 Å². The molecule has 1 aliphatic heterocycles. The van der Waals surface area contributed by atoms with Gasteiger partial charge in [-0.25, -0.2) is 8.42 Å². The molecule has 1 amide bonds. The Hall–Kier alpha value is -2.65. The molecule has 1 heterocycles. The van der Waals surface area contributed by atoms with Gasteiger partial charge in [-0.05, 0) is 49.2 Å². The molecule has 10 heteroatoms. The van der Waals surface area contributed by atoms with Gasteiger partial charge in [-0.3, -0.25) is 9.10 Å². The molecule has 0 radical (unpaired) electrons. The van der Waals surface area contributed by atoms with E-state index in [1.807, 2.05) is 25.1 Å². The van der Waals surface area contributed by atoms with E-state index in [9.17, 15) is 13.2 Å². The highest BCUT2D eigenvalue weighted by Gasteiger charge is 2.20. The van der Waals surface area contributed by atoms with Crippen molar-refractivity contribution in [3.8, 4) is 17.2 Å². The molecule has 3 rings (SSSR count). The lowest BCUT2D eigenvalue weighted by molar-refractivity contribution is -0.121. The molecular weight excluding hydrogens is 456 g/mol. The fraction of sp³-hybridized carbons (Fsp3) is 0.409. The maximum Gasteiger partial charge on any atom is 0.232 e. The molecule has 174 valence electrons. The predicted octanol–water partition coefficient (Wildman–Crippen LogP) is 3.54. The van der Waals surface area contributed by atoms with E-state index < -0.39 is 10.0 Å². The van der Waals surface area contributed by atoms with Gasteiger partial charge in [-0.1, -0.05) is 17.7 Å². The Labute approximate surface area is 193 Å². The minimum atomic E-state index is -3.55. The zero-order valence-electron chi connectivity index (χ0n) is 18.3. The van der Waals surface area contributed by atoms with Crippen LogP contribution < -0.4 is 23.8 Å². The van der Waals surface area contributed by atoms with E-state index in [-0.39, 0.29) is 24.9 Å². The molecule has 0 aliphatic carbocycles. The maximum atomic E-state index is 12.4. The third-order valence-electron chi connectivity index (χ3n) is 5.03. The van der Waals surface area contributed by atoms with Crippen molar-refractivity contribution in [2.24, 2.45) is 0 Å². The molecule has 0 fully saturated rings. The van der Waals surface area contributed by atoms with Gasteiger partial charge in [0.05, 0.1) is 30.1 Å². The number of ether oxygens (including phenoxy) is 3. The summed E-state index contributed by atoms with van der Waals surface area (Å²) in [5.74, 6) is 1.64. The SMILES string of the molecule is COc1ccc(N(CCCC(=O)N[C@@H](C)c2ccc3c(c2)OCCO3)S(C)(=O)=O)cc1Cl. The van der Waals surface area contributed by atoms with Crippen LogP contribution in [-0.4, -0.2) is 47.4 Å². The molecule has 1 aliphatic rings. The summed E-state index contributed by atoms with van der Waals surface area (Å²) < 4.78 is 42.0. The van der Waals surface area contributed by atoms with Crippen LogP contribution in [0.25, 0.3) is 0 Å². The molecule has 0 unspecified atom stereocenters. The highest BCUT2D eigenvalue weighted by Crippen LogP contribution is 2.33. The van der Waals surface area contributed by atoms with Crippen molar-refractivity contribution >= 4 is 33.2 Å². The molecule has 2 aromatic carbocycles. The van der Waals surface area contributed by atoms with Gasteiger partial charge in [-0.2, -0.15) is 0 Å². The predicted molar refractivity (Wildman–Crippen MR) is 123 cm³/mol. The minimum Gasteiger partial charge on any atom is -0.495 e. The zero-order valence-corrected chi connectivity index (χ0v) is 19.8. The number of carbonyl (C=O) groups excluding carboxylic acids is 1. The molecule has 1 atom stereocenters. The molecule has 0 spiro atoms. The van der Waals surface area contributed by atoms with E-state index in [2.05, 4.69) is 5.32 Å². The van der Waals surface area contributed by atoms with Crippen molar-refractivity contribution in [3.05, 3.63) is 47.0 Å². The van der Waals surface area contributed by atoms with Gasteiger partial charge in [0.2, 0.25) is 15.9 Å². The van der Waals surface area contributed by atoms with Gasteiger partial charge in [0.15, 0.2) is 11.5 Å². The first-order chi connectivity index (χ1) is 15.2. The lowest BCUT2D eigenvalue weighted by atomic mass is 10.1. The van der Waals surface area contributed by atoms with Crippen LogP contribution in [-0.2, 0) is 14.8 Å². The van der Waals surface area contributed by atoms with Crippen molar-refractivity contribution in [1.82, 2.24) is 5.32 Å². The molecule has 0 aromatic heterocycles. The summed E-state index contributed by atoms with van der Waals surface area (Å²) in [5, 5.41) is 3.25. The smallest absolute Gasteiger partial charge is 0.232 e. The van der Waals surface area contributed by atoms with Gasteiger partial charge < -0.3 is 19.5 Å². The summed E-state index contributed by atoms with van der Waals surface area (Å²) in [4.78, 5) is 12.4. The number of nitrogens with one attached hydrogen (secondary N) is 1. The Kier molecular flexibility index (Phi) is 7.73. The van der Waals surface area contributed by atoms with Gasteiger partial charge in [-0.15, -0.1) is 0 Å². The number of benzene rings is 2. The number of hydrogen-bond donors (Lipinski definition) is 1. The largest absolute Gasteiger partial charge is 0.495 e. The molecule has 0 bridgehead atoms. The number of carbonyl (C=O) groups is 1. The molecule has 32 heavy (non-hydrogen) atoms. The van der Waals surface area contributed by atoms with Crippen molar-refractivity contribution in [2.45, 2.75) is 25.8 Å². The lowest BCUT2D eigenvalue weighted by Gasteiger charge is -2.23. The quantitative estimate of drug-likeness (QED) is 0.587. The van der Waals surface area contributed by atoms with E-state index >= 15 is 0 Å². The first-order valence-corrected chi connectivity index (χ1v) is 12.4. The van der Waals surface area contributed by atoms with Crippen LogP contribution in [0.15, 0.2) is 36.4 Å². The van der Waals surface area contributed by atoms with Crippen LogP contribution >= 0.6 is 11.6 Å². The van der Waals surface area contributed by atoms with Crippen molar-refractivity contribution < 1.29 is 27.4 Å². The number of rotatable bonds is 9. The second kappa shape index (κ2) is 10.3. The number of fused-ring (bicyclic) bond motifs is 1. The van der Waals surface area contributed by atoms with Gasteiger partial charge in [0.25, 0.3) is 0 Å². The van der Waals surface area contributed by atoms with Gasteiger partial charge in [0, 0.05) is 13.0 Å². The zero-order chi connectivity index (χ0) is 23.3. The Balaban J connectivity index is 1.57. The number of hydrogen-bond acceptors (Lipinski definition) is 6. The summed E-state index contributed by atoms with van der Waals surface area (Å²) in [6.07, 6.45) is 1.64. The lowest BCUT2D eigenvalue weighted by Crippen LogP contribution is -2.32. The summed E-state index contributed by atoms with van der Waals surface area (Å²) in [7, 11) is -2.06. The minimum absolute atomic E-state index is 0.146. The number of methoxy groups -OCH3 is 1. The number of halogens is 1. The van der Waals surface area contributed by atoms with Crippen LogP contribution in [0.4, 0.5) is 5.69 Å². The van der Waals surface area contributed by atoms with Gasteiger partial charge >= 0.3 is 0 Å². The number of sulfonamides is 1. The summed E-state index contributed by atoms with van der Waals surface area (Å²) >= 11 is 6.14. The highest BCUT2D eigenvalue weighted by molar-refractivity contribution is 7.92. The molecule has 2 aromatic rings. The number of anilines is 1. The van der Waals surface area contributed by atoms with E-state index in [4.69, 9.17) is 25.8 Å². The fourth-order valence-electron chi connectivity index (χ4n) is 3.41. The molecule has 0 saturated heterocycles. The standard InChI is InChI=1S/C22H27ClN2O6S/c1-15(16-6-8-20-21(13-16)31-12-11-30-20)24-22(26)5-4-10-25(32(3,27)28)17-7-9-19(29-2)18(23)14-17/h6-9,13-15H,4-5,10-12H2,1-3H3,(H,24,26)/t15-/m0/s1. The Morgan fingerprint density at radius 2 is 1.91 bits per heavy atom. The van der Waals surface area contributed by atoms with E-state index in [1.165, 1.54) is 17.5 Å². The molecule has 0 saturated carbocycles. The van der Waals surface area contributed by atoms with Crippen LogP contribution in [0.2, 0.25) is 5.02 Å². The first-order valence-electron chi connectivity index (χ1n) is 10.2. The van der Waals surface area contributed by atoms with Crippen molar-refractivity contribution in [1.29, 1.82) is 0 Å².